The second-order valence-electron chi connectivity index (χ2n) is 5.00. The molecule has 2 N–H and O–H groups in total. The van der Waals surface area contributed by atoms with E-state index in [1.54, 1.807) is 7.11 Å². The predicted octanol–water partition coefficient (Wildman–Crippen LogP) is 1.79. The number of anilines is 1. The number of hydrogen-bond donors (Lipinski definition) is 2. The standard InChI is InChI=1S/C15H21FN2O3/c1-20-8-9-21-14-3-2-12(16)10-13(14)18-15(19)11-4-6-17-7-5-11/h2-3,10-11,17H,4-9H2,1H3,(H,18,19). The van der Waals surface area contributed by atoms with Crippen LogP contribution in [0.4, 0.5) is 10.1 Å². The summed E-state index contributed by atoms with van der Waals surface area (Å²) in [5.41, 5.74) is 0.370. The van der Waals surface area contributed by atoms with Crippen molar-refractivity contribution in [1.82, 2.24) is 5.32 Å². The third-order valence-electron chi connectivity index (χ3n) is 3.45. The molecule has 1 amide bonds. The largest absolute Gasteiger partial charge is 0.489 e. The van der Waals surface area contributed by atoms with Crippen LogP contribution in [0.5, 0.6) is 5.75 Å². The summed E-state index contributed by atoms with van der Waals surface area (Å²) in [5.74, 6) is -0.0783. The van der Waals surface area contributed by atoms with E-state index in [1.165, 1.54) is 18.2 Å². The van der Waals surface area contributed by atoms with Crippen LogP contribution >= 0.6 is 0 Å². The SMILES string of the molecule is COCCOc1ccc(F)cc1NC(=O)C1CCNCC1. The van der Waals surface area contributed by atoms with Gasteiger partial charge in [0.1, 0.15) is 18.2 Å². The quantitative estimate of drug-likeness (QED) is 0.786. The van der Waals surface area contributed by atoms with Gasteiger partial charge in [0.25, 0.3) is 0 Å². The van der Waals surface area contributed by atoms with Gasteiger partial charge < -0.3 is 20.1 Å². The fraction of sp³-hybridized carbons (Fsp3) is 0.533. The van der Waals surface area contributed by atoms with Gasteiger partial charge in [-0.1, -0.05) is 0 Å². The van der Waals surface area contributed by atoms with Crippen LogP contribution < -0.4 is 15.4 Å². The van der Waals surface area contributed by atoms with Gasteiger partial charge >= 0.3 is 0 Å². The molecule has 0 spiro atoms. The average molecular weight is 296 g/mol. The zero-order valence-corrected chi connectivity index (χ0v) is 12.2. The Kier molecular flexibility index (Phi) is 5.95. The van der Waals surface area contributed by atoms with Crippen molar-refractivity contribution in [3.63, 3.8) is 0 Å². The monoisotopic (exact) mass is 296 g/mol. The third-order valence-corrected chi connectivity index (χ3v) is 3.45. The van der Waals surface area contributed by atoms with E-state index in [0.29, 0.717) is 24.7 Å². The summed E-state index contributed by atoms with van der Waals surface area (Å²) < 4.78 is 23.8. The van der Waals surface area contributed by atoms with Crippen molar-refractivity contribution in [3.05, 3.63) is 24.0 Å². The summed E-state index contributed by atoms with van der Waals surface area (Å²) in [6, 6.07) is 4.10. The summed E-state index contributed by atoms with van der Waals surface area (Å²) >= 11 is 0. The van der Waals surface area contributed by atoms with Gasteiger partial charge in [-0.05, 0) is 38.1 Å². The number of amides is 1. The highest BCUT2D eigenvalue weighted by molar-refractivity contribution is 5.94. The van der Waals surface area contributed by atoms with Crippen molar-refractivity contribution >= 4 is 11.6 Å². The van der Waals surface area contributed by atoms with E-state index >= 15 is 0 Å². The minimum Gasteiger partial charge on any atom is -0.489 e. The summed E-state index contributed by atoms with van der Waals surface area (Å²) in [5, 5.41) is 5.99. The van der Waals surface area contributed by atoms with Crippen molar-refractivity contribution in [2.45, 2.75) is 12.8 Å². The number of carbonyl (C=O) groups excluding carboxylic acids is 1. The molecule has 1 aromatic rings. The normalized spacial score (nSPS) is 15.7. The van der Waals surface area contributed by atoms with Crippen LogP contribution in [0.3, 0.4) is 0 Å². The molecular weight excluding hydrogens is 275 g/mol. The maximum atomic E-state index is 13.4. The van der Waals surface area contributed by atoms with Crippen LogP contribution in [-0.2, 0) is 9.53 Å². The van der Waals surface area contributed by atoms with Gasteiger partial charge in [0, 0.05) is 19.1 Å². The van der Waals surface area contributed by atoms with E-state index in [4.69, 9.17) is 9.47 Å². The van der Waals surface area contributed by atoms with Gasteiger partial charge in [-0.3, -0.25) is 4.79 Å². The number of carbonyl (C=O) groups is 1. The second-order valence-corrected chi connectivity index (χ2v) is 5.00. The number of ether oxygens (including phenoxy) is 2. The second kappa shape index (κ2) is 7.95. The molecular formula is C15H21FN2O3. The van der Waals surface area contributed by atoms with Gasteiger partial charge in [-0.15, -0.1) is 0 Å². The van der Waals surface area contributed by atoms with E-state index < -0.39 is 5.82 Å². The van der Waals surface area contributed by atoms with Crippen LogP contribution in [0.1, 0.15) is 12.8 Å². The molecule has 0 bridgehead atoms. The zero-order valence-electron chi connectivity index (χ0n) is 12.2. The minimum absolute atomic E-state index is 0.0404. The number of benzene rings is 1. The van der Waals surface area contributed by atoms with Gasteiger partial charge in [0.05, 0.1) is 12.3 Å². The van der Waals surface area contributed by atoms with E-state index in [1.807, 2.05) is 0 Å². The highest BCUT2D eigenvalue weighted by Crippen LogP contribution is 2.26. The summed E-state index contributed by atoms with van der Waals surface area (Å²) in [4.78, 5) is 12.2. The molecule has 21 heavy (non-hydrogen) atoms. The van der Waals surface area contributed by atoms with Gasteiger partial charge in [0.15, 0.2) is 0 Å². The lowest BCUT2D eigenvalue weighted by Gasteiger charge is -2.22. The topological polar surface area (TPSA) is 59.6 Å². The summed E-state index contributed by atoms with van der Waals surface area (Å²) in [7, 11) is 1.58. The number of methoxy groups -OCH3 is 1. The Morgan fingerprint density at radius 1 is 1.38 bits per heavy atom. The molecule has 0 saturated carbocycles. The van der Waals surface area contributed by atoms with E-state index in [-0.39, 0.29) is 11.8 Å². The molecule has 5 nitrogen and oxygen atoms in total. The first kappa shape index (κ1) is 15.7. The van der Waals surface area contributed by atoms with Crippen LogP contribution in [0.25, 0.3) is 0 Å². The molecule has 0 aliphatic carbocycles. The van der Waals surface area contributed by atoms with Gasteiger partial charge in [-0.25, -0.2) is 4.39 Å². The Balaban J connectivity index is 2.02. The number of nitrogens with one attached hydrogen (secondary N) is 2. The molecule has 1 aromatic carbocycles. The molecule has 1 fully saturated rings. The Morgan fingerprint density at radius 3 is 2.86 bits per heavy atom. The van der Waals surface area contributed by atoms with Crippen molar-refractivity contribution in [2.24, 2.45) is 5.92 Å². The molecule has 2 rings (SSSR count). The molecule has 0 aromatic heterocycles. The Labute approximate surface area is 123 Å². The molecule has 1 saturated heterocycles. The third kappa shape index (κ3) is 4.68. The van der Waals surface area contributed by atoms with E-state index in [0.717, 1.165) is 25.9 Å². The molecule has 1 aliphatic rings. The maximum absolute atomic E-state index is 13.4. The highest BCUT2D eigenvalue weighted by atomic mass is 19.1. The van der Waals surface area contributed by atoms with Crippen molar-refractivity contribution < 1.29 is 18.7 Å². The number of rotatable bonds is 6. The first-order valence-corrected chi connectivity index (χ1v) is 7.13. The first-order valence-electron chi connectivity index (χ1n) is 7.13. The first-order chi connectivity index (χ1) is 10.2. The lowest BCUT2D eigenvalue weighted by molar-refractivity contribution is -0.120. The number of piperidine rings is 1. The van der Waals surface area contributed by atoms with Crippen molar-refractivity contribution in [3.8, 4) is 5.75 Å². The van der Waals surface area contributed by atoms with Crippen LogP contribution in [0, 0.1) is 11.7 Å². The molecule has 0 atom stereocenters. The van der Waals surface area contributed by atoms with Crippen LogP contribution in [0.15, 0.2) is 18.2 Å². The lowest BCUT2D eigenvalue weighted by atomic mass is 9.97. The Hall–Kier alpha value is -1.66. The smallest absolute Gasteiger partial charge is 0.227 e. The molecule has 1 aliphatic heterocycles. The van der Waals surface area contributed by atoms with E-state index in [2.05, 4.69) is 10.6 Å². The van der Waals surface area contributed by atoms with Gasteiger partial charge in [0.2, 0.25) is 5.91 Å². The summed E-state index contributed by atoms with van der Waals surface area (Å²) in [6.07, 6.45) is 1.59. The Bertz CT molecular complexity index is 476. The fourth-order valence-corrected chi connectivity index (χ4v) is 2.28. The maximum Gasteiger partial charge on any atom is 0.227 e. The molecule has 6 heteroatoms. The zero-order chi connectivity index (χ0) is 15.1. The van der Waals surface area contributed by atoms with Crippen molar-refractivity contribution in [1.29, 1.82) is 0 Å². The Morgan fingerprint density at radius 2 is 2.14 bits per heavy atom. The molecule has 116 valence electrons. The summed E-state index contributed by atoms with van der Waals surface area (Å²) in [6.45, 7) is 2.44. The van der Waals surface area contributed by atoms with E-state index in [9.17, 15) is 9.18 Å². The lowest BCUT2D eigenvalue weighted by Crippen LogP contribution is -2.34. The van der Waals surface area contributed by atoms with Crippen LogP contribution in [-0.4, -0.2) is 39.3 Å². The fourth-order valence-electron chi connectivity index (χ4n) is 2.28. The number of halogens is 1. The van der Waals surface area contributed by atoms with Crippen molar-refractivity contribution in [2.75, 3.05) is 38.7 Å². The minimum atomic E-state index is -0.408. The predicted molar refractivity (Wildman–Crippen MR) is 78.0 cm³/mol. The number of hydrogen-bond acceptors (Lipinski definition) is 4. The molecule has 0 radical (unpaired) electrons. The molecule has 1 heterocycles. The highest BCUT2D eigenvalue weighted by Gasteiger charge is 2.22. The molecule has 0 unspecified atom stereocenters. The van der Waals surface area contributed by atoms with Gasteiger partial charge in [-0.2, -0.15) is 0 Å². The van der Waals surface area contributed by atoms with Crippen LogP contribution in [0.2, 0.25) is 0 Å². The average Bonchev–Trinajstić information content (AvgIpc) is 2.50.